The normalized spacial score (nSPS) is 14.4. The van der Waals surface area contributed by atoms with Crippen LogP contribution in [0.5, 0.6) is 5.75 Å². The van der Waals surface area contributed by atoms with E-state index in [1.54, 1.807) is 45.5 Å². The summed E-state index contributed by atoms with van der Waals surface area (Å²) < 4.78 is 52.9. The Bertz CT molecular complexity index is 2810. The zero-order valence-electron chi connectivity index (χ0n) is 66.9. The van der Waals surface area contributed by atoms with E-state index in [9.17, 15) is 62.3 Å². The number of ether oxygens (including phenoxy) is 10. The van der Waals surface area contributed by atoms with Crippen molar-refractivity contribution in [2.75, 3.05) is 226 Å². The van der Waals surface area contributed by atoms with Gasteiger partial charge < -0.3 is 87.8 Å². The third-order valence-corrected chi connectivity index (χ3v) is 20.5. The number of carbonyl (C=O) groups excluding carboxylic acids is 13. The second kappa shape index (κ2) is 60.6. The van der Waals surface area contributed by atoms with Crippen molar-refractivity contribution < 1.29 is 110 Å². The number of likely N-dealkylation sites (tertiary alicyclic amines) is 2. The van der Waals surface area contributed by atoms with E-state index in [0.29, 0.717) is 108 Å². The molecule has 0 radical (unpaired) electrons. The number of hydrogen-bond acceptors (Lipinski definition) is 26. The fraction of sp³-hybridized carbons (Fsp3) is 0.750. The molecule has 33 nitrogen and oxygen atoms in total. The van der Waals surface area contributed by atoms with Gasteiger partial charge in [-0.15, -0.1) is 23.5 Å². The van der Waals surface area contributed by atoms with E-state index in [0.717, 1.165) is 74.1 Å². The minimum atomic E-state index is -0.705. The van der Waals surface area contributed by atoms with Crippen molar-refractivity contribution in [3.05, 3.63) is 29.8 Å². The van der Waals surface area contributed by atoms with Gasteiger partial charge in [-0.3, -0.25) is 62.5 Å². The first kappa shape index (κ1) is 98.3. The standard InChI is InChI=1S/C76H126N10O23S2/c1-77-75(98)109-63(59-25-27-62(28-26-59)108-76(99)81(4)34-20-33-80(2)3)23-17-24-68(91)82(35-13-9-11-15-51-110-64-53-69(92)85(73(64)96)37-29-60(87)21-18-31-78-66(89)55-83(39-41-104-47-43-100-5)71(94)57-106-49-45-102-7)36-14-10-12-16-52-111-65-54-70(93)86(74(65)97)38-30-61(88)22-19-32-79-67(90)56-84(40-42-105-48-44-101-6)72(95)58-107-50-46-103-8/h25-28,63-65H,9-24,29-58H2,1-8H3,(H,77,98)(H,78,89)(H,79,90). The van der Waals surface area contributed by atoms with Crippen LogP contribution in [0.2, 0.25) is 0 Å². The van der Waals surface area contributed by atoms with Gasteiger partial charge in [-0.25, -0.2) is 9.59 Å². The van der Waals surface area contributed by atoms with E-state index in [1.165, 1.54) is 59.5 Å². The highest BCUT2D eigenvalue weighted by Crippen LogP contribution is 2.30. The lowest BCUT2D eigenvalue weighted by Gasteiger charge is -2.24. The Hall–Kier alpha value is -6.93. The predicted octanol–water partition coefficient (Wildman–Crippen LogP) is 4.33. The van der Waals surface area contributed by atoms with Gasteiger partial charge in [0.1, 0.15) is 36.6 Å². The number of hydrogen-bond donors (Lipinski definition) is 3. The van der Waals surface area contributed by atoms with Crippen molar-refractivity contribution >= 4 is 100 Å². The lowest BCUT2D eigenvalue weighted by Crippen LogP contribution is -2.44. The van der Waals surface area contributed by atoms with E-state index < -0.39 is 52.4 Å². The average Bonchev–Trinajstić information content (AvgIpc) is 1.76. The van der Waals surface area contributed by atoms with Gasteiger partial charge in [0.05, 0.1) is 89.7 Å². The first-order valence-electron chi connectivity index (χ1n) is 38.7. The highest BCUT2D eigenvalue weighted by Gasteiger charge is 2.40. The number of nitrogens with zero attached hydrogens (tertiary/aromatic N) is 7. The summed E-state index contributed by atoms with van der Waals surface area (Å²) in [6.07, 6.45) is 7.02. The monoisotopic (exact) mass is 1610 g/mol. The summed E-state index contributed by atoms with van der Waals surface area (Å²) in [6.45, 7) is 4.90. The molecule has 0 aliphatic carbocycles. The van der Waals surface area contributed by atoms with Crippen LogP contribution in [-0.2, 0) is 95.4 Å². The number of thioether (sulfide) groups is 2. The Kier molecular flexibility index (Phi) is 53.7. The first-order chi connectivity index (χ1) is 53.5. The van der Waals surface area contributed by atoms with Crippen molar-refractivity contribution in [1.29, 1.82) is 0 Å². The van der Waals surface area contributed by atoms with Crippen molar-refractivity contribution in [3.8, 4) is 5.75 Å². The van der Waals surface area contributed by atoms with Crippen molar-refractivity contribution in [1.82, 2.24) is 50.2 Å². The molecule has 3 atom stereocenters. The van der Waals surface area contributed by atoms with Crippen LogP contribution in [0.25, 0.3) is 0 Å². The summed E-state index contributed by atoms with van der Waals surface area (Å²) in [4.78, 5) is 180. The van der Waals surface area contributed by atoms with Crippen LogP contribution in [-0.4, -0.2) is 348 Å². The fourth-order valence-corrected chi connectivity index (χ4v) is 13.9. The largest absolute Gasteiger partial charge is 0.441 e. The number of nitrogens with one attached hydrogen (secondary N) is 3. The lowest BCUT2D eigenvalue weighted by molar-refractivity contribution is -0.141. The minimum Gasteiger partial charge on any atom is -0.441 e. The predicted molar refractivity (Wildman–Crippen MR) is 417 cm³/mol. The van der Waals surface area contributed by atoms with Crippen LogP contribution in [0.1, 0.15) is 140 Å². The molecule has 630 valence electrons. The maximum Gasteiger partial charge on any atom is 0.414 e. The third kappa shape index (κ3) is 43.8. The SMILES string of the molecule is CNC(=O)OC(CCCC(=O)N(CCCCCCSC1CC(=O)N(CCC(=O)CCCNC(=O)CN(CCOCCOC)C(=O)COCCOC)C1=O)CCCCCCSC1CC(=O)N(CCC(=O)CCCNC(=O)CN(CCOCCOC)C(=O)COCCOC)C1=O)c1ccc(OC(=O)N(C)CCCN(C)C)cc1. The minimum absolute atomic E-state index is 0.0107. The van der Waals surface area contributed by atoms with Gasteiger partial charge in [-0.1, -0.05) is 37.8 Å². The molecule has 111 heavy (non-hydrogen) atoms. The van der Waals surface area contributed by atoms with Gasteiger partial charge >= 0.3 is 12.2 Å². The highest BCUT2D eigenvalue weighted by atomic mass is 32.2. The average molecular weight is 1610 g/mol. The van der Waals surface area contributed by atoms with E-state index in [2.05, 4.69) is 16.0 Å². The molecule has 3 unspecified atom stereocenters. The molecule has 2 fully saturated rings. The molecule has 1 aromatic carbocycles. The van der Waals surface area contributed by atoms with Crippen LogP contribution < -0.4 is 20.7 Å². The van der Waals surface area contributed by atoms with Crippen LogP contribution in [0, 0.1) is 0 Å². The molecule has 2 saturated heterocycles. The van der Waals surface area contributed by atoms with Crippen molar-refractivity contribution in [3.63, 3.8) is 0 Å². The molecular weight excluding hydrogens is 1490 g/mol. The fourth-order valence-electron chi connectivity index (χ4n) is 11.5. The Morgan fingerprint density at radius 3 is 1.37 bits per heavy atom. The molecule has 0 saturated carbocycles. The van der Waals surface area contributed by atoms with Gasteiger partial charge in [0.15, 0.2) is 0 Å². The van der Waals surface area contributed by atoms with E-state index >= 15 is 0 Å². The van der Waals surface area contributed by atoms with Crippen molar-refractivity contribution in [2.45, 2.75) is 145 Å². The molecule has 3 rings (SSSR count). The number of alkyl carbamates (subject to hydrolysis) is 1. The number of rotatable bonds is 67. The Labute approximate surface area is 663 Å². The Balaban J connectivity index is 1.49. The molecule has 11 amide bonds. The van der Waals surface area contributed by atoms with Crippen LogP contribution >= 0.6 is 23.5 Å². The smallest absolute Gasteiger partial charge is 0.414 e. The summed E-state index contributed by atoms with van der Waals surface area (Å²) in [6, 6.07) is 6.74. The van der Waals surface area contributed by atoms with Crippen molar-refractivity contribution in [2.24, 2.45) is 0 Å². The molecule has 0 aromatic heterocycles. The van der Waals surface area contributed by atoms with Gasteiger partial charge in [0.2, 0.25) is 53.2 Å². The van der Waals surface area contributed by atoms with Gasteiger partial charge in [-0.05, 0) is 108 Å². The number of ketones is 2. The molecule has 2 aliphatic rings. The maximum atomic E-state index is 14.1. The number of carbonyl (C=O) groups is 13. The second-order valence-electron chi connectivity index (χ2n) is 27.1. The summed E-state index contributed by atoms with van der Waals surface area (Å²) in [7, 11) is 13.2. The molecular formula is C76H126N10O23S2. The zero-order chi connectivity index (χ0) is 81.4. The Morgan fingerprint density at radius 1 is 0.477 bits per heavy atom. The Morgan fingerprint density at radius 2 is 0.928 bits per heavy atom. The maximum absolute atomic E-state index is 14.1. The summed E-state index contributed by atoms with van der Waals surface area (Å²) >= 11 is 2.84. The number of benzene rings is 1. The molecule has 0 spiro atoms. The van der Waals surface area contributed by atoms with Gasteiger partial charge in [0, 0.05) is 146 Å². The third-order valence-electron chi connectivity index (χ3n) is 17.9. The van der Waals surface area contributed by atoms with Crippen LogP contribution in [0.15, 0.2) is 24.3 Å². The zero-order valence-corrected chi connectivity index (χ0v) is 68.5. The van der Waals surface area contributed by atoms with Crippen LogP contribution in [0.3, 0.4) is 0 Å². The number of amides is 11. The number of methoxy groups -OCH3 is 4. The molecule has 2 aliphatic heterocycles. The lowest BCUT2D eigenvalue weighted by atomic mass is 10.0. The molecule has 0 bridgehead atoms. The number of Topliss-reactive ketones (excluding diaryl/α,β-unsaturated/α-hetero) is 2. The number of imide groups is 2. The highest BCUT2D eigenvalue weighted by molar-refractivity contribution is 8.00. The molecule has 2 heterocycles. The molecule has 35 heteroatoms. The van der Waals surface area contributed by atoms with Gasteiger partial charge in [0.25, 0.3) is 0 Å². The number of unbranched alkanes of at least 4 members (excludes halogenated alkanes) is 6. The topological polar surface area (TPSA) is 373 Å². The first-order valence-corrected chi connectivity index (χ1v) is 40.8. The van der Waals surface area contributed by atoms with Crippen LogP contribution in [0.4, 0.5) is 9.59 Å². The van der Waals surface area contributed by atoms with Gasteiger partial charge in [-0.2, -0.15) is 0 Å². The summed E-state index contributed by atoms with van der Waals surface area (Å²) in [5, 5.41) is 6.89. The van der Waals surface area contributed by atoms with E-state index in [1.807, 2.05) is 23.9 Å². The molecule has 3 N–H and O–H groups in total. The summed E-state index contributed by atoms with van der Waals surface area (Å²) in [5.74, 6) is -1.67. The van der Waals surface area contributed by atoms with E-state index in [-0.39, 0.29) is 178 Å². The molecule has 1 aromatic rings. The second-order valence-corrected chi connectivity index (χ2v) is 29.7. The quantitative estimate of drug-likeness (QED) is 0.0603. The summed E-state index contributed by atoms with van der Waals surface area (Å²) in [5.41, 5.74) is 0.659. The van der Waals surface area contributed by atoms with E-state index in [4.69, 9.17) is 47.4 Å².